The average Bonchev–Trinajstić information content (AvgIpc) is 3.43. The smallest absolute Gasteiger partial charge is 0.163 e. The van der Waals surface area contributed by atoms with E-state index in [0.717, 1.165) is 5.69 Å². The number of benzene rings is 1. The summed E-state index contributed by atoms with van der Waals surface area (Å²) < 4.78 is 18.2. The quantitative estimate of drug-likeness (QED) is 0.397. The number of nitrogens with one attached hydrogen (secondary N) is 1. The highest BCUT2D eigenvalue weighted by Crippen LogP contribution is 2.28. The summed E-state index contributed by atoms with van der Waals surface area (Å²) in [5.74, 6) is 0.739. The van der Waals surface area contributed by atoms with Gasteiger partial charge in [0.2, 0.25) is 0 Å². The van der Waals surface area contributed by atoms with E-state index in [1.165, 1.54) is 10.7 Å². The van der Waals surface area contributed by atoms with Crippen molar-refractivity contribution in [3.05, 3.63) is 77.3 Å². The number of pyridine rings is 1. The van der Waals surface area contributed by atoms with Crippen LogP contribution in [-0.4, -0.2) is 39.6 Å². The number of anilines is 2. The Kier molecular flexibility index (Phi) is 5.43. The van der Waals surface area contributed by atoms with Crippen LogP contribution in [0.5, 0.6) is 0 Å². The van der Waals surface area contributed by atoms with Gasteiger partial charge in [0.25, 0.3) is 0 Å². The van der Waals surface area contributed by atoms with E-state index >= 15 is 4.39 Å². The van der Waals surface area contributed by atoms with E-state index < -0.39 is 11.9 Å². The van der Waals surface area contributed by atoms with Crippen molar-refractivity contribution in [3.63, 3.8) is 0 Å². The molecule has 0 spiro atoms. The Labute approximate surface area is 199 Å². The van der Waals surface area contributed by atoms with Crippen LogP contribution < -0.4 is 5.32 Å². The molecule has 0 bridgehead atoms. The van der Waals surface area contributed by atoms with Crippen molar-refractivity contribution in [2.24, 2.45) is 0 Å². The molecule has 174 valence electrons. The Morgan fingerprint density at radius 3 is 2.63 bits per heavy atom. The Balaban J connectivity index is 1.58. The van der Waals surface area contributed by atoms with Gasteiger partial charge in [-0.05, 0) is 57.2 Å². The number of nitrogens with zero attached hydrogens (tertiary/aromatic N) is 8. The van der Waals surface area contributed by atoms with Crippen LogP contribution in [0.4, 0.5) is 15.9 Å². The maximum Gasteiger partial charge on any atom is 0.163 e. The number of halogens is 1. The molecular weight excluding hydrogens is 449 g/mol. The molecule has 35 heavy (non-hydrogen) atoms. The molecule has 4 aromatic heterocycles. The number of rotatable bonds is 5. The molecule has 0 unspecified atom stereocenters. The molecule has 0 aliphatic carbocycles. The second-order valence-corrected chi connectivity index (χ2v) is 8.07. The molecule has 5 aromatic rings. The van der Waals surface area contributed by atoms with Gasteiger partial charge in [-0.2, -0.15) is 15.5 Å². The minimum Gasteiger partial charge on any atom is -0.389 e. The van der Waals surface area contributed by atoms with Crippen LogP contribution in [0, 0.1) is 31.0 Å². The first-order chi connectivity index (χ1) is 16.8. The van der Waals surface area contributed by atoms with Gasteiger partial charge in [0, 0.05) is 17.3 Å². The fourth-order valence-corrected chi connectivity index (χ4v) is 3.73. The molecule has 1 aromatic carbocycles. The van der Waals surface area contributed by atoms with E-state index in [9.17, 15) is 10.4 Å². The van der Waals surface area contributed by atoms with Crippen molar-refractivity contribution in [2.75, 3.05) is 5.32 Å². The lowest BCUT2D eigenvalue weighted by Gasteiger charge is -2.15. The van der Waals surface area contributed by atoms with Crippen molar-refractivity contribution in [3.8, 4) is 17.7 Å². The molecule has 4 heterocycles. The Bertz CT molecular complexity index is 1600. The van der Waals surface area contributed by atoms with Gasteiger partial charge in [-0.1, -0.05) is 0 Å². The minimum absolute atomic E-state index is 0.218. The summed E-state index contributed by atoms with van der Waals surface area (Å²) in [5.41, 5.74) is 3.47. The maximum absolute atomic E-state index is 15.0. The highest BCUT2D eigenvalue weighted by molar-refractivity contribution is 5.82. The molecule has 0 saturated heterocycles. The Morgan fingerprint density at radius 1 is 1.11 bits per heavy atom. The van der Waals surface area contributed by atoms with Crippen molar-refractivity contribution in [1.29, 1.82) is 5.26 Å². The summed E-state index contributed by atoms with van der Waals surface area (Å²) in [5, 5.41) is 34.7. The molecule has 10 nitrogen and oxygen atoms in total. The molecule has 0 aliphatic heterocycles. The first-order valence-corrected chi connectivity index (χ1v) is 10.7. The Hall–Kier alpha value is -4.69. The third-order valence-electron chi connectivity index (χ3n) is 5.49. The predicted octanol–water partition coefficient (Wildman–Crippen LogP) is 3.82. The number of aryl methyl sites for hydroxylation is 2. The monoisotopic (exact) mass is 469 g/mol. The molecule has 0 saturated carbocycles. The van der Waals surface area contributed by atoms with Crippen LogP contribution in [-0.2, 0) is 0 Å². The van der Waals surface area contributed by atoms with E-state index in [0.29, 0.717) is 39.7 Å². The van der Waals surface area contributed by atoms with Gasteiger partial charge in [-0.3, -0.25) is 4.57 Å². The lowest BCUT2D eigenvalue weighted by Crippen LogP contribution is -2.11. The summed E-state index contributed by atoms with van der Waals surface area (Å²) in [6.45, 7) is 5.24. The van der Waals surface area contributed by atoms with Crippen LogP contribution in [0.3, 0.4) is 0 Å². The number of fused-ring (bicyclic) bond motifs is 1. The molecule has 5 rings (SSSR count). The number of aliphatic hydroxyl groups excluding tert-OH is 1. The van der Waals surface area contributed by atoms with Gasteiger partial charge in [0.1, 0.15) is 24.0 Å². The van der Waals surface area contributed by atoms with Crippen molar-refractivity contribution in [1.82, 2.24) is 34.5 Å². The van der Waals surface area contributed by atoms with Crippen LogP contribution >= 0.6 is 0 Å². The minimum atomic E-state index is -0.823. The largest absolute Gasteiger partial charge is 0.389 e. The molecule has 2 N–H and O–H groups in total. The molecular formula is C24H20FN9O. The van der Waals surface area contributed by atoms with Gasteiger partial charge in [0.05, 0.1) is 28.5 Å². The van der Waals surface area contributed by atoms with Crippen LogP contribution in [0.15, 0.2) is 48.8 Å². The second kappa shape index (κ2) is 8.58. The van der Waals surface area contributed by atoms with E-state index in [1.54, 1.807) is 61.1 Å². The van der Waals surface area contributed by atoms with E-state index in [2.05, 4.69) is 25.6 Å². The number of aliphatic hydroxyl groups is 1. The highest BCUT2D eigenvalue weighted by Gasteiger charge is 2.18. The topological polar surface area (TPSA) is 130 Å². The predicted molar refractivity (Wildman–Crippen MR) is 126 cm³/mol. The zero-order chi connectivity index (χ0) is 24.7. The van der Waals surface area contributed by atoms with Gasteiger partial charge >= 0.3 is 0 Å². The number of hydrogen-bond donors (Lipinski definition) is 2. The van der Waals surface area contributed by atoms with Crippen LogP contribution in [0.2, 0.25) is 0 Å². The normalized spacial score (nSPS) is 12.0. The highest BCUT2D eigenvalue weighted by atomic mass is 19.1. The molecule has 0 fully saturated rings. The number of nitriles is 1. The summed E-state index contributed by atoms with van der Waals surface area (Å²) in [4.78, 5) is 9.10. The second-order valence-electron chi connectivity index (χ2n) is 8.07. The van der Waals surface area contributed by atoms with E-state index in [4.69, 9.17) is 4.98 Å². The lowest BCUT2D eigenvalue weighted by molar-refractivity contribution is 0.198. The summed E-state index contributed by atoms with van der Waals surface area (Å²) in [6, 6.07) is 13.5. The van der Waals surface area contributed by atoms with Gasteiger partial charge in [-0.15, -0.1) is 5.10 Å². The van der Waals surface area contributed by atoms with Gasteiger partial charge in [-0.25, -0.2) is 19.0 Å². The van der Waals surface area contributed by atoms with Crippen molar-refractivity contribution in [2.45, 2.75) is 26.9 Å². The molecule has 0 radical (unpaired) electrons. The molecule has 0 aliphatic rings. The average molecular weight is 469 g/mol. The fraction of sp³-hybridized carbons (Fsp3) is 0.167. The van der Waals surface area contributed by atoms with Crippen molar-refractivity contribution < 1.29 is 9.50 Å². The Morgan fingerprint density at radius 2 is 1.94 bits per heavy atom. The van der Waals surface area contributed by atoms with Crippen LogP contribution in [0.1, 0.15) is 35.7 Å². The van der Waals surface area contributed by atoms with Crippen LogP contribution in [0.25, 0.3) is 22.7 Å². The molecule has 1 atom stereocenters. The third-order valence-corrected chi connectivity index (χ3v) is 5.49. The third kappa shape index (κ3) is 4.07. The lowest BCUT2D eigenvalue weighted by atomic mass is 10.1. The summed E-state index contributed by atoms with van der Waals surface area (Å²) in [6.07, 6.45) is 0.723. The zero-order valence-corrected chi connectivity index (χ0v) is 19.1. The van der Waals surface area contributed by atoms with E-state index in [1.807, 2.05) is 13.0 Å². The summed E-state index contributed by atoms with van der Waals surface area (Å²) >= 11 is 0. The zero-order valence-electron chi connectivity index (χ0n) is 19.1. The van der Waals surface area contributed by atoms with Gasteiger partial charge in [0.15, 0.2) is 17.3 Å². The maximum atomic E-state index is 15.0. The van der Waals surface area contributed by atoms with E-state index in [-0.39, 0.29) is 11.4 Å². The number of hydrogen-bond acceptors (Lipinski definition) is 8. The SMILES string of the molecule is Cc1ccc(Nc2cc3ncn(-c4ccc([C@H](C)O)c(-n5nc(C#N)cc5C)n4)c3cc2F)nn1. The molecule has 11 heteroatoms. The molecule has 0 amide bonds. The standard InChI is InChI=1S/C24H20FN9O/c1-13-4-6-22(31-30-13)28-19-10-20-21(9-18(19)25)33(12-27-20)23-7-5-17(15(3)35)24(29-23)34-14(2)8-16(11-26)32-34/h4-10,12,15,35H,1-3H3,(H,28,31)/t15-/m0/s1. The number of aromatic nitrogens is 7. The van der Waals surface area contributed by atoms with Gasteiger partial charge < -0.3 is 10.4 Å². The fourth-order valence-electron chi connectivity index (χ4n) is 3.73. The first kappa shape index (κ1) is 22.1. The summed E-state index contributed by atoms with van der Waals surface area (Å²) in [7, 11) is 0. The number of imidazole rings is 1. The van der Waals surface area contributed by atoms with Crippen molar-refractivity contribution >= 4 is 22.5 Å². The first-order valence-electron chi connectivity index (χ1n) is 10.7.